The van der Waals surface area contributed by atoms with Gasteiger partial charge in [0.1, 0.15) is 5.82 Å². The quantitative estimate of drug-likeness (QED) is 0.807. The zero-order chi connectivity index (χ0) is 16.1. The number of nitrogens with one attached hydrogen (secondary N) is 2. The molecule has 0 aromatic heterocycles. The summed E-state index contributed by atoms with van der Waals surface area (Å²) in [4.78, 5) is 0. The molecule has 0 aliphatic heterocycles. The highest BCUT2D eigenvalue weighted by molar-refractivity contribution is 7.80. The molecule has 0 saturated carbocycles. The Bertz CT molecular complexity index is 643. The fourth-order valence-electron chi connectivity index (χ4n) is 2.14. The van der Waals surface area contributed by atoms with E-state index < -0.39 is 0 Å². The summed E-state index contributed by atoms with van der Waals surface area (Å²) in [5.41, 5.74) is 1.78. The highest BCUT2D eigenvalue weighted by Crippen LogP contribution is 2.28. The molecule has 5 heteroatoms. The van der Waals surface area contributed by atoms with Gasteiger partial charge in [-0.05, 0) is 55.4 Å². The van der Waals surface area contributed by atoms with Crippen LogP contribution >= 0.6 is 23.8 Å². The van der Waals surface area contributed by atoms with Gasteiger partial charge in [0.05, 0.1) is 6.04 Å². The predicted octanol–water partition coefficient (Wildman–Crippen LogP) is 4.44. The summed E-state index contributed by atoms with van der Waals surface area (Å²) in [5.74, 6) is -0.274. The highest BCUT2D eigenvalue weighted by atomic mass is 35.5. The summed E-state index contributed by atoms with van der Waals surface area (Å²) < 4.78 is 13.2. The Balaban J connectivity index is 2.34. The summed E-state index contributed by atoms with van der Waals surface area (Å²) in [6.45, 7) is 4.02. The number of benzene rings is 2. The van der Waals surface area contributed by atoms with Crippen LogP contribution < -0.4 is 10.6 Å². The fourth-order valence-corrected chi connectivity index (χ4v) is 2.74. The van der Waals surface area contributed by atoms with E-state index in [1.54, 1.807) is 12.1 Å². The Morgan fingerprint density at radius 3 is 2.27 bits per heavy atom. The van der Waals surface area contributed by atoms with E-state index in [9.17, 15) is 4.39 Å². The predicted molar refractivity (Wildman–Crippen MR) is 93.7 cm³/mol. The normalized spacial score (nSPS) is 12.0. The van der Waals surface area contributed by atoms with Crippen molar-refractivity contribution in [2.75, 3.05) is 0 Å². The molecule has 1 atom stereocenters. The smallest absolute Gasteiger partial charge is 0.167 e. The van der Waals surface area contributed by atoms with Gasteiger partial charge in [0.15, 0.2) is 5.11 Å². The van der Waals surface area contributed by atoms with E-state index in [0.717, 1.165) is 11.1 Å². The van der Waals surface area contributed by atoms with Crippen molar-refractivity contribution in [3.8, 4) is 0 Å². The first kappa shape index (κ1) is 16.7. The van der Waals surface area contributed by atoms with Crippen LogP contribution in [0.1, 0.15) is 31.0 Å². The van der Waals surface area contributed by atoms with E-state index in [0.29, 0.717) is 10.1 Å². The Morgan fingerprint density at radius 2 is 1.68 bits per heavy atom. The first-order chi connectivity index (χ1) is 10.5. The molecule has 0 saturated heterocycles. The molecule has 0 aliphatic carbocycles. The molecule has 0 amide bonds. The van der Waals surface area contributed by atoms with E-state index in [-0.39, 0.29) is 17.9 Å². The van der Waals surface area contributed by atoms with Crippen LogP contribution in [-0.4, -0.2) is 11.2 Å². The minimum absolute atomic E-state index is 0.222. The van der Waals surface area contributed by atoms with Gasteiger partial charge in [0.2, 0.25) is 0 Å². The van der Waals surface area contributed by atoms with Crippen LogP contribution in [0.4, 0.5) is 4.39 Å². The summed E-state index contributed by atoms with van der Waals surface area (Å²) >= 11 is 11.6. The van der Waals surface area contributed by atoms with Gasteiger partial charge in [-0.25, -0.2) is 4.39 Å². The van der Waals surface area contributed by atoms with E-state index in [2.05, 4.69) is 10.6 Å². The highest BCUT2D eigenvalue weighted by Gasteiger charge is 2.18. The summed E-state index contributed by atoms with van der Waals surface area (Å²) in [5, 5.41) is 7.57. The Hall–Kier alpha value is -1.65. The molecule has 2 aromatic carbocycles. The number of hydrogen-bond donors (Lipinski definition) is 2. The Kier molecular flexibility index (Phi) is 5.75. The van der Waals surface area contributed by atoms with Crippen molar-refractivity contribution in [3.05, 3.63) is 70.5 Å². The molecule has 116 valence electrons. The lowest BCUT2D eigenvalue weighted by Crippen LogP contribution is -2.41. The molecule has 0 heterocycles. The number of hydrogen-bond acceptors (Lipinski definition) is 1. The minimum atomic E-state index is -0.274. The molecule has 0 unspecified atom stereocenters. The molecule has 2 nitrogen and oxygen atoms in total. The van der Waals surface area contributed by atoms with Crippen LogP contribution in [0.3, 0.4) is 0 Å². The SMILES string of the molecule is CC(C)NC(=S)N[C@@H](c1ccc(F)cc1)c1ccccc1Cl. The maximum atomic E-state index is 13.2. The maximum Gasteiger partial charge on any atom is 0.167 e. The monoisotopic (exact) mass is 336 g/mol. The number of thiocarbonyl (C=S) groups is 1. The van der Waals surface area contributed by atoms with Crippen molar-refractivity contribution in [2.24, 2.45) is 0 Å². The summed E-state index contributed by atoms with van der Waals surface area (Å²) in [6, 6.07) is 13.8. The van der Waals surface area contributed by atoms with Crippen LogP contribution in [0.2, 0.25) is 5.02 Å². The molecule has 22 heavy (non-hydrogen) atoms. The standard InChI is InChI=1S/C17H18ClFN2S/c1-11(2)20-17(22)21-16(12-7-9-13(19)10-8-12)14-5-3-4-6-15(14)18/h3-11,16H,1-2H3,(H2,20,21,22)/t16-/m0/s1. The molecule has 0 aliphatic rings. The molecule has 2 rings (SSSR count). The molecule has 0 spiro atoms. The van der Waals surface area contributed by atoms with Crippen molar-refractivity contribution in [1.82, 2.24) is 10.6 Å². The fraction of sp³-hybridized carbons (Fsp3) is 0.235. The Morgan fingerprint density at radius 1 is 1.05 bits per heavy atom. The maximum absolute atomic E-state index is 13.2. The third-order valence-corrected chi connectivity index (χ3v) is 3.69. The molecule has 2 aromatic rings. The minimum Gasteiger partial charge on any atom is -0.361 e. The zero-order valence-electron chi connectivity index (χ0n) is 12.4. The molecule has 2 N–H and O–H groups in total. The lowest BCUT2D eigenvalue weighted by atomic mass is 9.98. The van der Waals surface area contributed by atoms with E-state index in [4.69, 9.17) is 23.8 Å². The van der Waals surface area contributed by atoms with Gasteiger partial charge in [-0.15, -0.1) is 0 Å². The summed E-state index contributed by atoms with van der Waals surface area (Å²) in [7, 11) is 0. The van der Waals surface area contributed by atoms with E-state index in [1.807, 2.05) is 38.1 Å². The molecular weight excluding hydrogens is 319 g/mol. The van der Waals surface area contributed by atoms with Crippen LogP contribution in [0.25, 0.3) is 0 Å². The van der Waals surface area contributed by atoms with Gasteiger partial charge in [0.25, 0.3) is 0 Å². The molecule has 0 bridgehead atoms. The summed E-state index contributed by atoms with van der Waals surface area (Å²) in [6.07, 6.45) is 0. The van der Waals surface area contributed by atoms with Crippen molar-refractivity contribution in [2.45, 2.75) is 25.9 Å². The average Bonchev–Trinajstić information content (AvgIpc) is 2.46. The second kappa shape index (κ2) is 7.56. The van der Waals surface area contributed by atoms with Crippen LogP contribution in [0.15, 0.2) is 48.5 Å². The van der Waals surface area contributed by atoms with E-state index in [1.165, 1.54) is 12.1 Å². The lowest BCUT2D eigenvalue weighted by molar-refractivity contribution is 0.625. The third kappa shape index (κ3) is 4.42. The van der Waals surface area contributed by atoms with Gasteiger partial charge in [-0.2, -0.15) is 0 Å². The first-order valence-electron chi connectivity index (χ1n) is 7.04. The van der Waals surface area contributed by atoms with Crippen molar-refractivity contribution >= 4 is 28.9 Å². The van der Waals surface area contributed by atoms with E-state index >= 15 is 0 Å². The largest absolute Gasteiger partial charge is 0.361 e. The average molecular weight is 337 g/mol. The van der Waals surface area contributed by atoms with Gasteiger partial charge >= 0.3 is 0 Å². The van der Waals surface area contributed by atoms with Crippen molar-refractivity contribution < 1.29 is 4.39 Å². The van der Waals surface area contributed by atoms with Crippen LogP contribution in [-0.2, 0) is 0 Å². The second-order valence-corrected chi connectivity index (χ2v) is 6.09. The van der Waals surface area contributed by atoms with Crippen LogP contribution in [0, 0.1) is 5.82 Å². The second-order valence-electron chi connectivity index (χ2n) is 5.28. The zero-order valence-corrected chi connectivity index (χ0v) is 14.0. The lowest BCUT2D eigenvalue weighted by Gasteiger charge is -2.24. The van der Waals surface area contributed by atoms with Gasteiger partial charge in [0, 0.05) is 11.1 Å². The third-order valence-electron chi connectivity index (χ3n) is 3.11. The van der Waals surface area contributed by atoms with Gasteiger partial charge < -0.3 is 10.6 Å². The number of rotatable bonds is 4. The molecule has 0 radical (unpaired) electrons. The number of halogens is 2. The Labute approximate surface area is 140 Å². The molecule has 0 fully saturated rings. The molecular formula is C17H18ClFN2S. The van der Waals surface area contributed by atoms with Crippen LogP contribution in [0.5, 0.6) is 0 Å². The van der Waals surface area contributed by atoms with Gasteiger partial charge in [-0.1, -0.05) is 41.9 Å². The van der Waals surface area contributed by atoms with Crippen molar-refractivity contribution in [1.29, 1.82) is 0 Å². The first-order valence-corrected chi connectivity index (χ1v) is 7.83. The topological polar surface area (TPSA) is 24.1 Å². The van der Waals surface area contributed by atoms with Crippen molar-refractivity contribution in [3.63, 3.8) is 0 Å². The van der Waals surface area contributed by atoms with Gasteiger partial charge in [-0.3, -0.25) is 0 Å².